The van der Waals surface area contributed by atoms with Crippen LogP contribution < -0.4 is 5.32 Å². The molecule has 1 atom stereocenters. The second-order valence-corrected chi connectivity index (χ2v) is 5.11. The Labute approximate surface area is 112 Å². The first kappa shape index (κ1) is 11.8. The van der Waals surface area contributed by atoms with Crippen LogP contribution >= 0.6 is 11.6 Å². The van der Waals surface area contributed by atoms with Crippen LogP contribution in [0.3, 0.4) is 0 Å². The SMILES string of the molecule is Cn1c(Cl)cnc1CNC1CCc2ccccc21. The molecule has 3 nitrogen and oxygen atoms in total. The number of aromatic nitrogens is 2. The molecule has 1 heterocycles. The van der Waals surface area contributed by atoms with E-state index in [2.05, 4.69) is 34.6 Å². The van der Waals surface area contributed by atoms with Gasteiger partial charge in [0, 0.05) is 13.1 Å². The highest BCUT2D eigenvalue weighted by molar-refractivity contribution is 6.29. The van der Waals surface area contributed by atoms with Crippen LogP contribution in [0, 0.1) is 0 Å². The van der Waals surface area contributed by atoms with E-state index in [0.717, 1.165) is 25.2 Å². The van der Waals surface area contributed by atoms with Crippen molar-refractivity contribution in [3.8, 4) is 0 Å². The van der Waals surface area contributed by atoms with Crippen molar-refractivity contribution in [1.82, 2.24) is 14.9 Å². The summed E-state index contributed by atoms with van der Waals surface area (Å²) in [6, 6.07) is 9.09. The molecular weight excluding hydrogens is 246 g/mol. The van der Waals surface area contributed by atoms with Gasteiger partial charge in [0.15, 0.2) is 0 Å². The number of nitrogens with one attached hydrogen (secondary N) is 1. The molecule has 4 heteroatoms. The van der Waals surface area contributed by atoms with Gasteiger partial charge in [-0.3, -0.25) is 0 Å². The maximum absolute atomic E-state index is 5.98. The lowest BCUT2D eigenvalue weighted by Crippen LogP contribution is -2.20. The van der Waals surface area contributed by atoms with Crippen LogP contribution in [0.5, 0.6) is 0 Å². The summed E-state index contributed by atoms with van der Waals surface area (Å²) in [7, 11) is 1.94. The molecule has 1 aliphatic rings. The van der Waals surface area contributed by atoms with Crippen molar-refractivity contribution in [1.29, 1.82) is 0 Å². The lowest BCUT2D eigenvalue weighted by atomic mass is 10.1. The molecule has 1 aliphatic carbocycles. The average Bonchev–Trinajstić information content (AvgIpc) is 2.94. The van der Waals surface area contributed by atoms with Gasteiger partial charge in [0.2, 0.25) is 0 Å². The number of nitrogens with zero attached hydrogens (tertiary/aromatic N) is 2. The van der Waals surface area contributed by atoms with Crippen molar-refractivity contribution >= 4 is 11.6 Å². The van der Waals surface area contributed by atoms with Crippen LogP contribution in [-0.2, 0) is 20.0 Å². The molecule has 0 bridgehead atoms. The summed E-state index contributed by atoms with van der Waals surface area (Å²) >= 11 is 5.98. The van der Waals surface area contributed by atoms with Gasteiger partial charge in [0.05, 0.1) is 12.7 Å². The van der Waals surface area contributed by atoms with Gasteiger partial charge in [0.25, 0.3) is 0 Å². The number of hydrogen-bond acceptors (Lipinski definition) is 2. The van der Waals surface area contributed by atoms with E-state index in [1.807, 2.05) is 11.6 Å². The van der Waals surface area contributed by atoms with Gasteiger partial charge in [-0.15, -0.1) is 0 Å². The highest BCUT2D eigenvalue weighted by Gasteiger charge is 2.21. The minimum absolute atomic E-state index is 0.441. The highest BCUT2D eigenvalue weighted by Crippen LogP contribution is 2.30. The Morgan fingerprint density at radius 3 is 3.06 bits per heavy atom. The third-order valence-electron chi connectivity index (χ3n) is 3.67. The Morgan fingerprint density at radius 2 is 2.28 bits per heavy atom. The van der Waals surface area contributed by atoms with E-state index in [1.165, 1.54) is 11.1 Å². The van der Waals surface area contributed by atoms with Crippen LogP contribution in [0.4, 0.5) is 0 Å². The van der Waals surface area contributed by atoms with Crippen LogP contribution in [-0.4, -0.2) is 9.55 Å². The molecule has 0 fully saturated rings. The number of rotatable bonds is 3. The standard InChI is InChI=1S/C14H16ClN3/c1-18-13(15)8-17-14(18)9-16-12-7-6-10-4-2-3-5-11(10)12/h2-5,8,12,16H,6-7,9H2,1H3. The van der Waals surface area contributed by atoms with Crippen LogP contribution in [0.2, 0.25) is 5.15 Å². The minimum Gasteiger partial charge on any atom is -0.321 e. The Morgan fingerprint density at radius 1 is 1.44 bits per heavy atom. The fourth-order valence-electron chi connectivity index (χ4n) is 2.57. The summed E-state index contributed by atoms with van der Waals surface area (Å²) in [6.45, 7) is 0.752. The maximum Gasteiger partial charge on any atom is 0.128 e. The Kier molecular flexibility index (Phi) is 3.10. The van der Waals surface area contributed by atoms with Crippen molar-refractivity contribution in [3.05, 3.63) is 52.6 Å². The fraction of sp³-hybridized carbons (Fsp3) is 0.357. The molecule has 2 aromatic rings. The molecule has 1 aromatic heterocycles. The molecule has 0 saturated heterocycles. The first-order valence-corrected chi connectivity index (χ1v) is 6.61. The first-order valence-electron chi connectivity index (χ1n) is 6.23. The molecule has 94 valence electrons. The van der Waals surface area contributed by atoms with Gasteiger partial charge in [-0.05, 0) is 24.0 Å². The summed E-state index contributed by atoms with van der Waals surface area (Å²) in [4.78, 5) is 4.30. The second-order valence-electron chi connectivity index (χ2n) is 4.73. The summed E-state index contributed by atoms with van der Waals surface area (Å²) < 4.78 is 1.91. The maximum atomic E-state index is 5.98. The van der Waals surface area contributed by atoms with Crippen LogP contribution in [0.25, 0.3) is 0 Å². The molecule has 1 N–H and O–H groups in total. The molecule has 0 aliphatic heterocycles. The third kappa shape index (κ3) is 2.04. The lowest BCUT2D eigenvalue weighted by molar-refractivity contribution is 0.512. The molecule has 3 rings (SSSR count). The minimum atomic E-state index is 0.441. The van der Waals surface area contributed by atoms with Gasteiger partial charge < -0.3 is 9.88 Å². The van der Waals surface area contributed by atoms with Crippen LogP contribution in [0.15, 0.2) is 30.5 Å². The van der Waals surface area contributed by atoms with Crippen molar-refractivity contribution in [2.24, 2.45) is 7.05 Å². The summed E-state index contributed by atoms with van der Waals surface area (Å²) in [6.07, 6.45) is 4.02. The van der Waals surface area contributed by atoms with E-state index in [9.17, 15) is 0 Å². The van der Waals surface area contributed by atoms with Crippen LogP contribution in [0.1, 0.15) is 29.4 Å². The quantitative estimate of drug-likeness (QED) is 0.921. The lowest BCUT2D eigenvalue weighted by Gasteiger charge is -2.13. The van der Waals surface area contributed by atoms with Gasteiger partial charge >= 0.3 is 0 Å². The number of benzene rings is 1. The summed E-state index contributed by atoms with van der Waals surface area (Å²) in [5.41, 5.74) is 2.89. The van der Waals surface area contributed by atoms with E-state index in [-0.39, 0.29) is 0 Å². The predicted octanol–water partition coefficient (Wildman–Crippen LogP) is 2.85. The molecule has 1 aromatic carbocycles. The van der Waals surface area contributed by atoms with Crippen molar-refractivity contribution in [2.45, 2.75) is 25.4 Å². The molecule has 0 amide bonds. The number of aryl methyl sites for hydroxylation is 1. The largest absolute Gasteiger partial charge is 0.321 e. The zero-order valence-electron chi connectivity index (χ0n) is 10.4. The number of halogens is 1. The Bertz CT molecular complexity index is 562. The number of imidazole rings is 1. The van der Waals surface area contributed by atoms with Crippen molar-refractivity contribution in [2.75, 3.05) is 0 Å². The highest BCUT2D eigenvalue weighted by atomic mass is 35.5. The third-order valence-corrected chi connectivity index (χ3v) is 4.02. The zero-order chi connectivity index (χ0) is 12.5. The molecule has 0 radical (unpaired) electrons. The van der Waals surface area contributed by atoms with Crippen molar-refractivity contribution < 1.29 is 0 Å². The Balaban J connectivity index is 1.70. The monoisotopic (exact) mass is 261 g/mol. The van der Waals surface area contributed by atoms with E-state index in [4.69, 9.17) is 11.6 Å². The van der Waals surface area contributed by atoms with Crippen molar-refractivity contribution in [3.63, 3.8) is 0 Å². The summed E-state index contributed by atoms with van der Waals surface area (Å²) in [5.74, 6) is 0.976. The molecule has 0 saturated carbocycles. The predicted molar refractivity (Wildman–Crippen MR) is 72.6 cm³/mol. The Hall–Kier alpha value is -1.32. The first-order chi connectivity index (χ1) is 8.75. The van der Waals surface area contributed by atoms with Gasteiger partial charge in [0.1, 0.15) is 11.0 Å². The molecule has 1 unspecified atom stereocenters. The second kappa shape index (κ2) is 4.75. The molecule has 18 heavy (non-hydrogen) atoms. The van der Waals surface area contributed by atoms with E-state index >= 15 is 0 Å². The fourth-order valence-corrected chi connectivity index (χ4v) is 2.72. The number of fused-ring (bicyclic) bond motifs is 1. The normalized spacial score (nSPS) is 18.0. The van der Waals surface area contributed by atoms with E-state index in [0.29, 0.717) is 11.2 Å². The molecule has 0 spiro atoms. The van der Waals surface area contributed by atoms with E-state index < -0.39 is 0 Å². The van der Waals surface area contributed by atoms with E-state index in [1.54, 1.807) is 6.20 Å². The molecular formula is C14H16ClN3. The average molecular weight is 262 g/mol. The van der Waals surface area contributed by atoms with Gasteiger partial charge in [-0.1, -0.05) is 35.9 Å². The van der Waals surface area contributed by atoms with Gasteiger partial charge in [-0.2, -0.15) is 0 Å². The smallest absolute Gasteiger partial charge is 0.128 e. The van der Waals surface area contributed by atoms with Gasteiger partial charge in [-0.25, -0.2) is 4.98 Å². The number of hydrogen-bond donors (Lipinski definition) is 1. The zero-order valence-corrected chi connectivity index (χ0v) is 11.1. The summed E-state index contributed by atoms with van der Waals surface area (Å²) in [5, 5.41) is 4.25. The topological polar surface area (TPSA) is 29.9 Å².